The van der Waals surface area contributed by atoms with Gasteiger partial charge in [-0.1, -0.05) is 20.8 Å². The Balaban J connectivity index is 2.79. The molecule has 0 spiro atoms. The molecule has 4 heteroatoms. The smallest absolute Gasteiger partial charge is 0.345 e. The SMILES string of the molecule is CC(C)(C)c1ccn(CC(F)(F)F)c1. The van der Waals surface area contributed by atoms with Crippen LogP contribution in [-0.2, 0) is 12.0 Å². The van der Waals surface area contributed by atoms with Gasteiger partial charge in [-0.2, -0.15) is 13.2 Å². The molecule has 80 valence electrons. The second-order valence-corrected chi connectivity index (χ2v) is 4.44. The third-order valence-electron chi connectivity index (χ3n) is 1.98. The van der Waals surface area contributed by atoms with Crippen LogP contribution in [0.1, 0.15) is 26.3 Å². The van der Waals surface area contributed by atoms with Gasteiger partial charge in [0, 0.05) is 12.4 Å². The van der Waals surface area contributed by atoms with Gasteiger partial charge in [0.15, 0.2) is 0 Å². The van der Waals surface area contributed by atoms with E-state index in [1.165, 1.54) is 10.8 Å². The first kappa shape index (κ1) is 11.1. The van der Waals surface area contributed by atoms with Crippen molar-refractivity contribution in [1.29, 1.82) is 0 Å². The van der Waals surface area contributed by atoms with E-state index in [0.29, 0.717) is 0 Å². The quantitative estimate of drug-likeness (QED) is 0.662. The van der Waals surface area contributed by atoms with E-state index in [1.54, 1.807) is 12.3 Å². The Labute approximate surface area is 81.5 Å². The highest BCUT2D eigenvalue weighted by molar-refractivity contribution is 5.19. The third-order valence-corrected chi connectivity index (χ3v) is 1.98. The second kappa shape index (κ2) is 3.33. The first-order valence-corrected chi connectivity index (χ1v) is 4.41. The molecule has 0 radical (unpaired) electrons. The largest absolute Gasteiger partial charge is 0.406 e. The lowest BCUT2D eigenvalue weighted by molar-refractivity contribution is -0.140. The molecule has 0 unspecified atom stereocenters. The highest BCUT2D eigenvalue weighted by Gasteiger charge is 2.28. The van der Waals surface area contributed by atoms with Crippen LogP contribution >= 0.6 is 0 Å². The summed E-state index contributed by atoms with van der Waals surface area (Å²) in [4.78, 5) is 0. The molecular weight excluding hydrogens is 191 g/mol. The number of halogens is 3. The van der Waals surface area contributed by atoms with Gasteiger partial charge in [0.1, 0.15) is 6.54 Å². The summed E-state index contributed by atoms with van der Waals surface area (Å²) in [7, 11) is 0. The van der Waals surface area contributed by atoms with Crippen LogP contribution in [0.2, 0.25) is 0 Å². The van der Waals surface area contributed by atoms with Gasteiger partial charge in [0.25, 0.3) is 0 Å². The molecule has 0 saturated heterocycles. The lowest BCUT2D eigenvalue weighted by Gasteiger charge is -2.16. The monoisotopic (exact) mass is 205 g/mol. The van der Waals surface area contributed by atoms with E-state index < -0.39 is 12.7 Å². The molecule has 0 aliphatic heterocycles. The molecule has 1 heterocycles. The van der Waals surface area contributed by atoms with E-state index in [-0.39, 0.29) is 5.41 Å². The topological polar surface area (TPSA) is 4.93 Å². The molecule has 1 nitrogen and oxygen atoms in total. The van der Waals surface area contributed by atoms with Crippen LogP contribution in [-0.4, -0.2) is 10.7 Å². The number of hydrogen-bond donors (Lipinski definition) is 0. The van der Waals surface area contributed by atoms with Crippen molar-refractivity contribution in [2.24, 2.45) is 0 Å². The molecular formula is C10H14F3N. The lowest BCUT2D eigenvalue weighted by atomic mass is 9.89. The van der Waals surface area contributed by atoms with E-state index in [2.05, 4.69) is 0 Å². The van der Waals surface area contributed by atoms with Gasteiger partial charge >= 0.3 is 6.18 Å². The number of aromatic nitrogens is 1. The van der Waals surface area contributed by atoms with Gasteiger partial charge in [-0.05, 0) is 17.0 Å². The molecule has 0 N–H and O–H groups in total. The van der Waals surface area contributed by atoms with Gasteiger partial charge in [0.05, 0.1) is 0 Å². The summed E-state index contributed by atoms with van der Waals surface area (Å²) in [6, 6.07) is 1.73. The van der Waals surface area contributed by atoms with Crippen molar-refractivity contribution < 1.29 is 13.2 Å². The van der Waals surface area contributed by atoms with Crippen LogP contribution in [0.15, 0.2) is 18.5 Å². The molecule has 0 fully saturated rings. The summed E-state index contributed by atoms with van der Waals surface area (Å²) >= 11 is 0. The minimum absolute atomic E-state index is 0.100. The molecule has 0 bridgehead atoms. The molecule has 14 heavy (non-hydrogen) atoms. The Hall–Kier alpha value is -0.930. The zero-order chi connectivity index (χ0) is 11.0. The first-order chi connectivity index (χ1) is 6.18. The highest BCUT2D eigenvalue weighted by Crippen LogP contribution is 2.24. The predicted molar refractivity (Wildman–Crippen MR) is 49.2 cm³/mol. The molecule has 0 atom stereocenters. The summed E-state index contributed by atoms with van der Waals surface area (Å²) in [5.41, 5.74) is 0.818. The average molecular weight is 205 g/mol. The van der Waals surface area contributed by atoms with E-state index in [9.17, 15) is 13.2 Å². The van der Waals surface area contributed by atoms with Gasteiger partial charge in [-0.3, -0.25) is 0 Å². The maximum Gasteiger partial charge on any atom is 0.406 e. The summed E-state index contributed by atoms with van der Waals surface area (Å²) in [5.74, 6) is 0. The zero-order valence-corrected chi connectivity index (χ0v) is 8.52. The fourth-order valence-electron chi connectivity index (χ4n) is 1.19. The molecule has 1 rings (SSSR count). The van der Waals surface area contributed by atoms with Crippen molar-refractivity contribution in [2.75, 3.05) is 0 Å². The van der Waals surface area contributed by atoms with Crippen molar-refractivity contribution in [3.8, 4) is 0 Å². The van der Waals surface area contributed by atoms with Crippen molar-refractivity contribution in [3.63, 3.8) is 0 Å². The van der Waals surface area contributed by atoms with Gasteiger partial charge in [0.2, 0.25) is 0 Å². The van der Waals surface area contributed by atoms with Crippen LogP contribution in [0.5, 0.6) is 0 Å². The predicted octanol–water partition coefficient (Wildman–Crippen LogP) is 3.35. The summed E-state index contributed by atoms with van der Waals surface area (Å²) < 4.78 is 37.2. The maximum atomic E-state index is 12.0. The first-order valence-electron chi connectivity index (χ1n) is 4.41. The van der Waals surface area contributed by atoms with Crippen molar-refractivity contribution in [2.45, 2.75) is 38.9 Å². The fraction of sp³-hybridized carbons (Fsp3) is 0.600. The fourth-order valence-corrected chi connectivity index (χ4v) is 1.19. The molecule has 0 aromatic carbocycles. The molecule has 0 aliphatic carbocycles. The highest BCUT2D eigenvalue weighted by atomic mass is 19.4. The van der Waals surface area contributed by atoms with E-state index in [1.807, 2.05) is 20.8 Å². The maximum absolute atomic E-state index is 12.0. The van der Waals surface area contributed by atoms with Gasteiger partial charge < -0.3 is 4.57 Å². The summed E-state index contributed by atoms with van der Waals surface area (Å²) in [6.07, 6.45) is -1.13. The van der Waals surface area contributed by atoms with Crippen molar-refractivity contribution in [1.82, 2.24) is 4.57 Å². The Morgan fingerprint density at radius 3 is 2.14 bits per heavy atom. The second-order valence-electron chi connectivity index (χ2n) is 4.44. The number of hydrogen-bond acceptors (Lipinski definition) is 0. The number of rotatable bonds is 1. The van der Waals surface area contributed by atoms with Gasteiger partial charge in [-0.25, -0.2) is 0 Å². The Morgan fingerprint density at radius 2 is 1.79 bits per heavy atom. The standard InChI is InChI=1S/C10H14F3N/c1-9(2,3)8-4-5-14(6-8)7-10(11,12)13/h4-6H,7H2,1-3H3. The molecule has 1 aromatic heterocycles. The van der Waals surface area contributed by atoms with Crippen LogP contribution in [0.25, 0.3) is 0 Å². The normalized spacial score (nSPS) is 13.3. The van der Waals surface area contributed by atoms with Crippen LogP contribution < -0.4 is 0 Å². The Morgan fingerprint density at radius 1 is 1.21 bits per heavy atom. The van der Waals surface area contributed by atoms with Gasteiger partial charge in [-0.15, -0.1) is 0 Å². The summed E-state index contributed by atoms with van der Waals surface area (Å²) in [5, 5.41) is 0. The third kappa shape index (κ3) is 3.09. The van der Waals surface area contributed by atoms with Crippen LogP contribution in [0, 0.1) is 0 Å². The van der Waals surface area contributed by atoms with Crippen LogP contribution in [0.4, 0.5) is 13.2 Å². The summed E-state index contributed by atoms with van der Waals surface area (Å²) in [6.45, 7) is 5.00. The van der Waals surface area contributed by atoms with E-state index in [4.69, 9.17) is 0 Å². The zero-order valence-electron chi connectivity index (χ0n) is 8.52. The average Bonchev–Trinajstić information content (AvgIpc) is 2.29. The number of nitrogens with zero attached hydrogens (tertiary/aromatic N) is 1. The van der Waals surface area contributed by atoms with E-state index >= 15 is 0 Å². The molecule has 0 saturated carbocycles. The lowest BCUT2D eigenvalue weighted by Crippen LogP contribution is -2.17. The molecule has 1 aromatic rings. The van der Waals surface area contributed by atoms with Crippen molar-refractivity contribution >= 4 is 0 Å². The molecule has 0 amide bonds. The van der Waals surface area contributed by atoms with Crippen LogP contribution in [0.3, 0.4) is 0 Å². The molecule has 0 aliphatic rings. The number of alkyl halides is 3. The minimum atomic E-state index is -4.14. The Bertz CT molecular complexity index is 304. The minimum Gasteiger partial charge on any atom is -0.345 e. The van der Waals surface area contributed by atoms with Crippen molar-refractivity contribution in [3.05, 3.63) is 24.0 Å². The van der Waals surface area contributed by atoms with E-state index in [0.717, 1.165) is 5.56 Å². The Kier molecular flexibility index (Phi) is 2.65.